The molecule has 0 aliphatic rings. The van der Waals surface area contributed by atoms with Crippen molar-refractivity contribution in [2.45, 2.75) is 49.2 Å². The first-order valence-corrected chi connectivity index (χ1v) is 10.5. The van der Waals surface area contributed by atoms with E-state index in [0.717, 1.165) is 18.2 Å². The summed E-state index contributed by atoms with van der Waals surface area (Å²) >= 11 is 0. The van der Waals surface area contributed by atoms with Gasteiger partial charge >= 0.3 is 12.1 Å². The lowest BCUT2D eigenvalue weighted by Crippen LogP contribution is -2.29. The molecule has 2 rings (SSSR count). The van der Waals surface area contributed by atoms with Gasteiger partial charge in [-0.3, -0.25) is 4.79 Å². The second-order valence-corrected chi connectivity index (χ2v) is 8.32. The maximum absolute atomic E-state index is 12.9. The number of aliphatic carboxylic acids is 1. The minimum Gasteiger partial charge on any atom is -0.481 e. The monoisotopic (exact) mass is 429 g/mol. The topological polar surface area (TPSA) is 83.5 Å². The molecule has 0 radical (unpaired) electrons. The van der Waals surface area contributed by atoms with E-state index in [9.17, 15) is 26.4 Å². The first kappa shape index (κ1) is 22.9. The normalized spacial score (nSPS) is 13.2. The average molecular weight is 429 g/mol. The van der Waals surface area contributed by atoms with Crippen LogP contribution in [0.4, 0.5) is 13.2 Å². The summed E-state index contributed by atoms with van der Waals surface area (Å²) in [7, 11) is -4.19. The third-order valence-electron chi connectivity index (χ3n) is 4.35. The highest BCUT2D eigenvalue weighted by Gasteiger charge is 2.32. The van der Waals surface area contributed by atoms with Gasteiger partial charge in [-0.2, -0.15) is 13.2 Å². The van der Waals surface area contributed by atoms with E-state index in [2.05, 4.69) is 4.72 Å². The van der Waals surface area contributed by atoms with Crippen LogP contribution >= 0.6 is 0 Å². The van der Waals surface area contributed by atoms with Crippen LogP contribution in [0.25, 0.3) is 0 Å². The number of rotatable bonds is 10. The van der Waals surface area contributed by atoms with Crippen LogP contribution in [0.1, 0.15) is 49.3 Å². The summed E-state index contributed by atoms with van der Waals surface area (Å²) < 4.78 is 66.7. The van der Waals surface area contributed by atoms with Crippen LogP contribution in [0.15, 0.2) is 59.5 Å². The fraction of sp³-hybridized carbons (Fsp3) is 0.350. The van der Waals surface area contributed by atoms with Gasteiger partial charge in [0.05, 0.1) is 10.5 Å². The van der Waals surface area contributed by atoms with Crippen LogP contribution in [0.3, 0.4) is 0 Å². The van der Waals surface area contributed by atoms with Gasteiger partial charge in [0.2, 0.25) is 10.0 Å². The summed E-state index contributed by atoms with van der Waals surface area (Å²) in [4.78, 5) is 10.1. The molecular formula is C20H22F3NO4S. The highest BCUT2D eigenvalue weighted by Crippen LogP contribution is 2.31. The molecule has 0 aliphatic carbocycles. The molecule has 29 heavy (non-hydrogen) atoms. The Hall–Kier alpha value is -2.39. The molecule has 0 amide bonds. The zero-order valence-electron chi connectivity index (χ0n) is 15.5. The minimum atomic E-state index is -4.64. The van der Waals surface area contributed by atoms with E-state index in [-0.39, 0.29) is 6.42 Å². The standard InChI is InChI=1S/C20H22F3NO4S/c21-20(22,23)16-10-7-11-17(14-16)29(27,28)24-18(15-8-3-1-4-9-15)12-5-2-6-13-19(25)26/h1,3-4,7-11,14,18,24H,2,5-6,12-13H2,(H,25,26). The van der Waals surface area contributed by atoms with E-state index < -0.39 is 38.7 Å². The summed E-state index contributed by atoms with van der Waals surface area (Å²) in [6.45, 7) is 0. The van der Waals surface area contributed by atoms with Crippen LogP contribution in [-0.2, 0) is 21.0 Å². The second-order valence-electron chi connectivity index (χ2n) is 6.60. The van der Waals surface area contributed by atoms with Gasteiger partial charge in [0.25, 0.3) is 0 Å². The van der Waals surface area contributed by atoms with E-state index in [1.165, 1.54) is 0 Å². The predicted molar refractivity (Wildman–Crippen MR) is 102 cm³/mol. The van der Waals surface area contributed by atoms with Crippen molar-refractivity contribution in [3.8, 4) is 0 Å². The molecule has 2 aromatic rings. The molecular weight excluding hydrogens is 407 g/mol. The zero-order valence-corrected chi connectivity index (χ0v) is 16.3. The van der Waals surface area contributed by atoms with Crippen molar-refractivity contribution in [3.05, 3.63) is 65.7 Å². The molecule has 1 unspecified atom stereocenters. The van der Waals surface area contributed by atoms with Crippen molar-refractivity contribution in [3.63, 3.8) is 0 Å². The molecule has 0 bridgehead atoms. The molecule has 9 heteroatoms. The van der Waals surface area contributed by atoms with E-state index >= 15 is 0 Å². The minimum absolute atomic E-state index is 0.0337. The third kappa shape index (κ3) is 7.17. The van der Waals surface area contributed by atoms with E-state index in [1.807, 2.05) is 0 Å². The largest absolute Gasteiger partial charge is 0.481 e. The third-order valence-corrected chi connectivity index (χ3v) is 5.82. The van der Waals surface area contributed by atoms with E-state index in [4.69, 9.17) is 5.11 Å². The van der Waals surface area contributed by atoms with Crippen molar-refractivity contribution in [2.75, 3.05) is 0 Å². The SMILES string of the molecule is O=C(O)CCCCCC(NS(=O)(=O)c1cccc(C(F)(F)F)c1)c1ccccc1. The highest BCUT2D eigenvalue weighted by molar-refractivity contribution is 7.89. The molecule has 0 spiro atoms. The number of hydrogen-bond acceptors (Lipinski definition) is 3. The van der Waals surface area contributed by atoms with Crippen molar-refractivity contribution in [1.82, 2.24) is 4.72 Å². The van der Waals surface area contributed by atoms with Gasteiger partial charge in [-0.05, 0) is 36.6 Å². The lowest BCUT2D eigenvalue weighted by Gasteiger charge is -2.20. The van der Waals surface area contributed by atoms with Gasteiger partial charge in [-0.25, -0.2) is 13.1 Å². The summed E-state index contributed by atoms with van der Waals surface area (Å²) in [5.74, 6) is -0.894. The Bertz CT molecular complexity index is 915. The maximum Gasteiger partial charge on any atom is 0.416 e. The van der Waals surface area contributed by atoms with E-state index in [0.29, 0.717) is 37.3 Å². The Kier molecular flexibility index (Phi) is 7.80. The number of sulfonamides is 1. The van der Waals surface area contributed by atoms with Crippen LogP contribution < -0.4 is 4.72 Å². The molecule has 0 aromatic heterocycles. The predicted octanol–water partition coefficient (Wildman–Crippen LogP) is 4.76. The number of benzene rings is 2. The Morgan fingerprint density at radius 2 is 1.69 bits per heavy atom. The van der Waals surface area contributed by atoms with Crippen LogP contribution in [-0.4, -0.2) is 19.5 Å². The Morgan fingerprint density at radius 1 is 1.00 bits per heavy atom. The number of nitrogens with one attached hydrogen (secondary N) is 1. The number of halogens is 3. The van der Waals surface area contributed by atoms with Gasteiger partial charge in [-0.1, -0.05) is 49.2 Å². The van der Waals surface area contributed by atoms with Crippen molar-refractivity contribution >= 4 is 16.0 Å². The molecule has 2 aromatic carbocycles. The number of unbranched alkanes of at least 4 members (excludes halogenated alkanes) is 2. The van der Waals surface area contributed by atoms with Crippen molar-refractivity contribution < 1.29 is 31.5 Å². The summed E-state index contributed by atoms with van der Waals surface area (Å²) in [5, 5.41) is 8.69. The Balaban J connectivity index is 2.18. The molecule has 0 aliphatic heterocycles. The van der Waals surface area contributed by atoms with Crippen LogP contribution in [0.5, 0.6) is 0 Å². The number of hydrogen-bond donors (Lipinski definition) is 2. The van der Waals surface area contributed by atoms with Crippen LogP contribution in [0, 0.1) is 0 Å². The van der Waals surface area contributed by atoms with Gasteiger partial charge in [0.1, 0.15) is 0 Å². The zero-order chi connectivity index (χ0) is 21.5. The van der Waals surface area contributed by atoms with Crippen molar-refractivity contribution in [2.24, 2.45) is 0 Å². The maximum atomic E-state index is 12.9. The molecule has 2 N–H and O–H groups in total. The molecule has 0 heterocycles. The van der Waals surface area contributed by atoms with E-state index in [1.54, 1.807) is 30.3 Å². The quantitative estimate of drug-likeness (QED) is 0.534. The number of carboxylic acid groups (broad SMARTS) is 1. The highest BCUT2D eigenvalue weighted by atomic mass is 32.2. The van der Waals surface area contributed by atoms with Gasteiger partial charge < -0.3 is 5.11 Å². The van der Waals surface area contributed by atoms with Gasteiger partial charge in [-0.15, -0.1) is 0 Å². The lowest BCUT2D eigenvalue weighted by molar-refractivity contribution is -0.138. The number of carboxylic acids is 1. The molecule has 158 valence electrons. The lowest BCUT2D eigenvalue weighted by atomic mass is 10.0. The fourth-order valence-electron chi connectivity index (χ4n) is 2.88. The average Bonchev–Trinajstić information content (AvgIpc) is 2.66. The molecule has 5 nitrogen and oxygen atoms in total. The Morgan fingerprint density at radius 3 is 2.31 bits per heavy atom. The summed E-state index contributed by atoms with van der Waals surface area (Å²) in [5.41, 5.74) is -0.355. The molecule has 0 fully saturated rings. The van der Waals surface area contributed by atoms with Gasteiger partial charge in [0.15, 0.2) is 0 Å². The smallest absolute Gasteiger partial charge is 0.416 e. The first-order chi connectivity index (χ1) is 13.6. The fourth-order valence-corrected chi connectivity index (χ4v) is 4.18. The summed E-state index contributed by atoms with van der Waals surface area (Å²) in [6, 6.07) is 11.7. The second kappa shape index (κ2) is 9.89. The molecule has 0 saturated heterocycles. The van der Waals surface area contributed by atoms with Crippen molar-refractivity contribution in [1.29, 1.82) is 0 Å². The summed E-state index contributed by atoms with van der Waals surface area (Å²) in [6.07, 6.45) is -2.58. The Labute approximate surface area is 167 Å². The first-order valence-electron chi connectivity index (χ1n) is 9.06. The molecule has 0 saturated carbocycles. The van der Waals surface area contributed by atoms with Crippen LogP contribution in [0.2, 0.25) is 0 Å². The number of alkyl halides is 3. The van der Waals surface area contributed by atoms with Gasteiger partial charge in [0, 0.05) is 12.5 Å². The molecule has 1 atom stereocenters. The number of carbonyl (C=O) groups is 1.